The number of aromatic nitrogens is 2. The molecule has 1 unspecified atom stereocenters. The minimum atomic E-state index is -0.449. The van der Waals surface area contributed by atoms with E-state index in [-0.39, 0.29) is 17.5 Å². The predicted molar refractivity (Wildman–Crippen MR) is 69.8 cm³/mol. The van der Waals surface area contributed by atoms with Crippen molar-refractivity contribution in [3.05, 3.63) is 44.5 Å². The fourth-order valence-electron chi connectivity index (χ4n) is 1.49. The second-order valence-corrected chi connectivity index (χ2v) is 4.71. The molecular formula is C11H12N4O2S. The van der Waals surface area contributed by atoms with Gasteiger partial charge in [-0.3, -0.25) is 10.1 Å². The number of anilines is 1. The fourth-order valence-corrected chi connectivity index (χ4v) is 2.30. The van der Waals surface area contributed by atoms with Crippen molar-refractivity contribution in [2.75, 3.05) is 5.32 Å². The van der Waals surface area contributed by atoms with Crippen molar-refractivity contribution < 1.29 is 4.92 Å². The van der Waals surface area contributed by atoms with Gasteiger partial charge in [0.05, 0.1) is 11.0 Å². The molecule has 1 atom stereocenters. The standard InChI is InChI=1S/C11H12N4O2S/c1-7-6-18-11(13-7)8(2)14-10-9(15(16)17)4-3-5-12-10/h3-6,8H,1-2H3,(H,12,14). The molecule has 0 fully saturated rings. The summed E-state index contributed by atoms with van der Waals surface area (Å²) in [5.41, 5.74) is 0.914. The first kappa shape index (κ1) is 12.4. The minimum absolute atomic E-state index is 0.0300. The van der Waals surface area contributed by atoms with Crippen molar-refractivity contribution in [1.29, 1.82) is 0 Å². The number of nitrogens with zero attached hydrogens (tertiary/aromatic N) is 3. The zero-order valence-corrected chi connectivity index (χ0v) is 10.8. The molecule has 0 aliphatic heterocycles. The van der Waals surface area contributed by atoms with Crippen LogP contribution in [0.25, 0.3) is 0 Å². The zero-order chi connectivity index (χ0) is 13.1. The molecule has 0 bridgehead atoms. The number of pyridine rings is 1. The van der Waals surface area contributed by atoms with E-state index >= 15 is 0 Å². The van der Waals surface area contributed by atoms with Crippen LogP contribution in [0.5, 0.6) is 0 Å². The van der Waals surface area contributed by atoms with Crippen molar-refractivity contribution in [2.24, 2.45) is 0 Å². The lowest BCUT2D eigenvalue weighted by atomic mass is 10.3. The van der Waals surface area contributed by atoms with E-state index in [2.05, 4.69) is 15.3 Å². The molecule has 0 aliphatic carbocycles. The van der Waals surface area contributed by atoms with Crippen molar-refractivity contribution in [2.45, 2.75) is 19.9 Å². The zero-order valence-electron chi connectivity index (χ0n) is 9.95. The van der Waals surface area contributed by atoms with Crippen LogP contribution in [-0.4, -0.2) is 14.9 Å². The molecule has 0 aliphatic rings. The third kappa shape index (κ3) is 2.62. The van der Waals surface area contributed by atoms with Crippen LogP contribution in [0.1, 0.15) is 23.7 Å². The molecule has 0 saturated carbocycles. The Bertz CT molecular complexity index is 570. The van der Waals surface area contributed by atoms with E-state index in [1.807, 2.05) is 19.2 Å². The first-order valence-corrected chi connectivity index (χ1v) is 6.24. The average Bonchev–Trinajstić information content (AvgIpc) is 2.76. The first-order valence-electron chi connectivity index (χ1n) is 5.36. The van der Waals surface area contributed by atoms with Crippen LogP contribution in [0, 0.1) is 17.0 Å². The van der Waals surface area contributed by atoms with E-state index in [1.54, 1.807) is 6.07 Å². The van der Waals surface area contributed by atoms with E-state index in [0.717, 1.165) is 10.7 Å². The van der Waals surface area contributed by atoms with Gasteiger partial charge in [0.1, 0.15) is 5.01 Å². The predicted octanol–water partition coefficient (Wildman–Crippen LogP) is 2.93. The highest BCUT2D eigenvalue weighted by Crippen LogP contribution is 2.26. The third-order valence-electron chi connectivity index (χ3n) is 2.34. The Hall–Kier alpha value is -2.02. The minimum Gasteiger partial charge on any atom is -0.355 e. The van der Waals surface area contributed by atoms with Gasteiger partial charge in [-0.1, -0.05) is 0 Å². The van der Waals surface area contributed by atoms with Crippen LogP contribution >= 0.6 is 11.3 Å². The summed E-state index contributed by atoms with van der Waals surface area (Å²) < 4.78 is 0. The fraction of sp³-hybridized carbons (Fsp3) is 0.273. The summed E-state index contributed by atoms with van der Waals surface area (Å²) in [6, 6.07) is 2.86. The molecule has 0 spiro atoms. The van der Waals surface area contributed by atoms with Crippen molar-refractivity contribution in [1.82, 2.24) is 9.97 Å². The van der Waals surface area contributed by atoms with E-state index in [1.165, 1.54) is 23.6 Å². The Morgan fingerprint density at radius 3 is 2.94 bits per heavy atom. The summed E-state index contributed by atoms with van der Waals surface area (Å²) in [4.78, 5) is 18.7. The Kier molecular flexibility index (Phi) is 3.52. The lowest BCUT2D eigenvalue weighted by molar-refractivity contribution is -0.384. The third-order valence-corrected chi connectivity index (χ3v) is 3.49. The molecule has 0 saturated heterocycles. The van der Waals surface area contributed by atoms with Gasteiger partial charge in [-0.25, -0.2) is 9.97 Å². The molecule has 7 heteroatoms. The largest absolute Gasteiger partial charge is 0.355 e. The summed E-state index contributed by atoms with van der Waals surface area (Å²) in [5, 5.41) is 16.7. The number of aryl methyl sites for hydroxylation is 1. The maximum absolute atomic E-state index is 10.9. The van der Waals surface area contributed by atoms with E-state index in [9.17, 15) is 10.1 Å². The number of rotatable bonds is 4. The van der Waals surface area contributed by atoms with E-state index < -0.39 is 4.92 Å². The summed E-state index contributed by atoms with van der Waals surface area (Å²) in [7, 11) is 0. The summed E-state index contributed by atoms with van der Waals surface area (Å²) in [5.74, 6) is 0.267. The quantitative estimate of drug-likeness (QED) is 0.678. The van der Waals surface area contributed by atoms with Crippen LogP contribution in [0.3, 0.4) is 0 Å². The van der Waals surface area contributed by atoms with Gasteiger partial charge in [-0.2, -0.15) is 0 Å². The lowest BCUT2D eigenvalue weighted by Gasteiger charge is -2.11. The van der Waals surface area contributed by atoms with Gasteiger partial charge in [0.25, 0.3) is 0 Å². The molecule has 1 N–H and O–H groups in total. The van der Waals surface area contributed by atoms with Gasteiger partial charge >= 0.3 is 5.69 Å². The van der Waals surface area contributed by atoms with Crippen LogP contribution < -0.4 is 5.32 Å². The number of thiazole rings is 1. The molecule has 0 amide bonds. The molecule has 2 rings (SSSR count). The van der Waals surface area contributed by atoms with Gasteiger partial charge in [-0.15, -0.1) is 11.3 Å². The summed E-state index contributed by atoms with van der Waals surface area (Å²) in [6.45, 7) is 3.81. The maximum atomic E-state index is 10.9. The normalized spacial score (nSPS) is 12.1. The molecule has 0 aromatic carbocycles. The number of hydrogen-bond acceptors (Lipinski definition) is 6. The van der Waals surface area contributed by atoms with Gasteiger partial charge in [0, 0.05) is 23.3 Å². The molecule has 0 radical (unpaired) electrons. The smallest absolute Gasteiger partial charge is 0.311 e. The molecule has 94 valence electrons. The second kappa shape index (κ2) is 5.09. The van der Waals surface area contributed by atoms with Gasteiger partial charge < -0.3 is 5.32 Å². The van der Waals surface area contributed by atoms with Crippen molar-refractivity contribution >= 4 is 22.8 Å². The lowest BCUT2D eigenvalue weighted by Crippen LogP contribution is -2.09. The first-order chi connectivity index (χ1) is 8.58. The van der Waals surface area contributed by atoms with Gasteiger partial charge in [0.2, 0.25) is 5.82 Å². The monoisotopic (exact) mass is 264 g/mol. The van der Waals surface area contributed by atoms with Crippen molar-refractivity contribution in [3.63, 3.8) is 0 Å². The highest BCUT2D eigenvalue weighted by atomic mass is 32.1. The highest BCUT2D eigenvalue weighted by Gasteiger charge is 2.17. The molecule has 6 nitrogen and oxygen atoms in total. The molecule has 2 aromatic rings. The van der Waals surface area contributed by atoms with E-state index in [4.69, 9.17) is 0 Å². The Balaban J connectivity index is 2.21. The van der Waals surface area contributed by atoms with Gasteiger partial charge in [-0.05, 0) is 19.9 Å². The Morgan fingerprint density at radius 1 is 1.56 bits per heavy atom. The molecule has 2 heterocycles. The summed E-state index contributed by atoms with van der Waals surface area (Å²) >= 11 is 1.52. The number of nitro groups is 1. The molecule has 18 heavy (non-hydrogen) atoms. The maximum Gasteiger partial charge on any atom is 0.311 e. The second-order valence-electron chi connectivity index (χ2n) is 3.82. The highest BCUT2D eigenvalue weighted by molar-refractivity contribution is 7.09. The van der Waals surface area contributed by atoms with Crippen molar-refractivity contribution in [3.8, 4) is 0 Å². The Labute approximate surface area is 108 Å². The van der Waals surface area contributed by atoms with Crippen LogP contribution in [0.15, 0.2) is 23.7 Å². The van der Waals surface area contributed by atoms with Gasteiger partial charge in [0.15, 0.2) is 0 Å². The van der Waals surface area contributed by atoms with Crippen LogP contribution in [0.4, 0.5) is 11.5 Å². The number of hydrogen-bond donors (Lipinski definition) is 1. The number of nitrogens with one attached hydrogen (secondary N) is 1. The molecule has 2 aromatic heterocycles. The SMILES string of the molecule is Cc1csc(C(C)Nc2ncccc2[N+](=O)[O-])n1. The topological polar surface area (TPSA) is 81.0 Å². The van der Waals surface area contributed by atoms with E-state index in [0.29, 0.717) is 0 Å². The van der Waals surface area contributed by atoms with Crippen LogP contribution in [0.2, 0.25) is 0 Å². The molecular weight excluding hydrogens is 252 g/mol. The average molecular weight is 264 g/mol. The van der Waals surface area contributed by atoms with Crippen LogP contribution in [-0.2, 0) is 0 Å². The Morgan fingerprint density at radius 2 is 2.33 bits per heavy atom. The summed E-state index contributed by atoms with van der Waals surface area (Å²) in [6.07, 6.45) is 1.52.